The van der Waals surface area contributed by atoms with Crippen LogP contribution in [0.1, 0.15) is 25.7 Å². The lowest BCUT2D eigenvalue weighted by Crippen LogP contribution is -2.33. The monoisotopic (exact) mass is 204 g/mol. The third-order valence-corrected chi connectivity index (χ3v) is 1.82. The van der Waals surface area contributed by atoms with Gasteiger partial charge in [0.15, 0.2) is 0 Å². The number of ether oxygens (including phenoxy) is 1. The Morgan fingerprint density at radius 3 is 2.64 bits per heavy atom. The van der Waals surface area contributed by atoms with E-state index in [0.29, 0.717) is 32.4 Å². The predicted octanol–water partition coefficient (Wildman–Crippen LogP) is -0.632. The highest BCUT2D eigenvalue weighted by Gasteiger charge is 2.13. The molecule has 5 N–H and O–H groups in total. The van der Waals surface area contributed by atoms with Crippen LogP contribution in [-0.4, -0.2) is 36.9 Å². The summed E-state index contributed by atoms with van der Waals surface area (Å²) in [5.41, 5.74) is 10.8. The number of carbonyl (C=O) groups is 1. The van der Waals surface area contributed by atoms with Gasteiger partial charge in [0.25, 0.3) is 0 Å². The number of rotatable bonds is 8. The molecule has 1 atom stereocenters. The van der Waals surface area contributed by atoms with Crippen molar-refractivity contribution in [3.8, 4) is 0 Å². The highest BCUT2D eigenvalue weighted by atomic mass is 16.5. The smallest absolute Gasteiger partial charge is 0.322 e. The van der Waals surface area contributed by atoms with Crippen molar-refractivity contribution in [3.05, 3.63) is 0 Å². The third-order valence-electron chi connectivity index (χ3n) is 1.82. The Bertz CT molecular complexity index is 153. The molecule has 0 saturated heterocycles. The van der Waals surface area contributed by atoms with Gasteiger partial charge in [-0.25, -0.2) is 0 Å². The van der Waals surface area contributed by atoms with Gasteiger partial charge in [-0.05, 0) is 32.2 Å². The molecule has 0 aromatic rings. The lowest BCUT2D eigenvalue weighted by atomic mass is 10.2. The van der Waals surface area contributed by atoms with Crippen molar-refractivity contribution in [2.24, 2.45) is 11.5 Å². The van der Waals surface area contributed by atoms with Gasteiger partial charge in [-0.15, -0.1) is 0 Å². The third kappa shape index (κ3) is 6.82. The number of aliphatic hydroxyl groups is 1. The summed E-state index contributed by atoms with van der Waals surface area (Å²) in [4.78, 5) is 11.2. The van der Waals surface area contributed by atoms with Crippen LogP contribution in [0.5, 0.6) is 0 Å². The van der Waals surface area contributed by atoms with Crippen LogP contribution in [0.25, 0.3) is 0 Å². The summed E-state index contributed by atoms with van der Waals surface area (Å²) < 4.78 is 4.89. The van der Waals surface area contributed by atoms with Crippen molar-refractivity contribution >= 4 is 5.97 Å². The Kier molecular flexibility index (Phi) is 8.51. The average Bonchev–Trinajstić information content (AvgIpc) is 2.20. The Morgan fingerprint density at radius 2 is 2.07 bits per heavy atom. The molecule has 0 saturated carbocycles. The van der Waals surface area contributed by atoms with Crippen LogP contribution in [0.4, 0.5) is 0 Å². The summed E-state index contributed by atoms with van der Waals surface area (Å²) in [6.07, 6.45) is 2.61. The zero-order chi connectivity index (χ0) is 10.8. The molecule has 0 heterocycles. The molecule has 0 radical (unpaired) electrons. The van der Waals surface area contributed by atoms with Crippen LogP contribution >= 0.6 is 0 Å². The van der Waals surface area contributed by atoms with Gasteiger partial charge in [-0.1, -0.05) is 0 Å². The molecule has 0 spiro atoms. The fourth-order valence-corrected chi connectivity index (χ4v) is 0.949. The Balaban J connectivity index is 3.42. The molecule has 0 aliphatic carbocycles. The van der Waals surface area contributed by atoms with Crippen LogP contribution in [0.15, 0.2) is 0 Å². The maximum absolute atomic E-state index is 11.2. The first kappa shape index (κ1) is 13.4. The molecule has 0 fully saturated rings. The minimum atomic E-state index is -0.562. The standard InChI is InChI=1S/C9H20N2O3/c10-5-3-4-8(11)9(13)14-7-2-1-6-12/h8,12H,1-7,10-11H2/t8-/m1/s1. The predicted molar refractivity (Wildman–Crippen MR) is 53.5 cm³/mol. The van der Waals surface area contributed by atoms with Crippen molar-refractivity contribution in [1.82, 2.24) is 0 Å². The van der Waals surface area contributed by atoms with E-state index in [1.165, 1.54) is 0 Å². The molecule has 0 amide bonds. The molecule has 14 heavy (non-hydrogen) atoms. The zero-order valence-corrected chi connectivity index (χ0v) is 8.45. The van der Waals surface area contributed by atoms with Crippen LogP contribution < -0.4 is 11.5 Å². The van der Waals surface area contributed by atoms with Crippen LogP contribution in [0.3, 0.4) is 0 Å². The summed E-state index contributed by atoms with van der Waals surface area (Å²) in [7, 11) is 0. The van der Waals surface area contributed by atoms with E-state index in [0.717, 1.165) is 6.42 Å². The molecule has 0 aliphatic rings. The van der Waals surface area contributed by atoms with Gasteiger partial charge >= 0.3 is 5.97 Å². The first-order chi connectivity index (χ1) is 6.72. The summed E-state index contributed by atoms with van der Waals surface area (Å²) in [6, 6.07) is -0.562. The lowest BCUT2D eigenvalue weighted by Gasteiger charge is -2.10. The average molecular weight is 204 g/mol. The number of esters is 1. The van der Waals surface area contributed by atoms with Crippen LogP contribution in [0, 0.1) is 0 Å². The van der Waals surface area contributed by atoms with Gasteiger partial charge in [0.05, 0.1) is 6.61 Å². The maximum Gasteiger partial charge on any atom is 0.322 e. The molecule has 0 rings (SSSR count). The number of nitrogens with two attached hydrogens (primary N) is 2. The zero-order valence-electron chi connectivity index (χ0n) is 8.45. The quantitative estimate of drug-likeness (QED) is 0.361. The van der Waals surface area contributed by atoms with E-state index in [1.807, 2.05) is 0 Å². The van der Waals surface area contributed by atoms with Crippen molar-refractivity contribution in [2.45, 2.75) is 31.7 Å². The lowest BCUT2D eigenvalue weighted by molar-refractivity contribution is -0.145. The highest BCUT2D eigenvalue weighted by molar-refractivity contribution is 5.75. The van der Waals surface area contributed by atoms with Gasteiger partial charge < -0.3 is 21.3 Å². The maximum atomic E-state index is 11.2. The Labute approximate surface area is 84.4 Å². The number of carbonyl (C=O) groups excluding carboxylic acids is 1. The van der Waals surface area contributed by atoms with Crippen molar-refractivity contribution in [2.75, 3.05) is 19.8 Å². The van der Waals surface area contributed by atoms with Gasteiger partial charge in [0.1, 0.15) is 6.04 Å². The highest BCUT2D eigenvalue weighted by Crippen LogP contribution is 1.97. The summed E-state index contributed by atoms with van der Waals surface area (Å²) in [5.74, 6) is -0.378. The molecule has 0 aromatic heterocycles. The topological polar surface area (TPSA) is 98.6 Å². The normalized spacial score (nSPS) is 12.5. The SMILES string of the molecule is NCCC[C@@H](N)C(=O)OCCCCO. The minimum absolute atomic E-state index is 0.122. The first-order valence-corrected chi connectivity index (χ1v) is 4.95. The van der Waals surface area contributed by atoms with E-state index in [4.69, 9.17) is 21.3 Å². The summed E-state index contributed by atoms with van der Waals surface area (Å²) in [6.45, 7) is 0.984. The molecule has 5 nitrogen and oxygen atoms in total. The second kappa shape index (κ2) is 8.93. The molecule has 0 bridgehead atoms. The largest absolute Gasteiger partial charge is 0.465 e. The fraction of sp³-hybridized carbons (Fsp3) is 0.889. The van der Waals surface area contributed by atoms with Crippen molar-refractivity contribution in [1.29, 1.82) is 0 Å². The molecule has 0 aliphatic heterocycles. The first-order valence-electron chi connectivity index (χ1n) is 4.95. The minimum Gasteiger partial charge on any atom is -0.465 e. The van der Waals surface area contributed by atoms with E-state index in [2.05, 4.69) is 0 Å². The van der Waals surface area contributed by atoms with E-state index in [1.54, 1.807) is 0 Å². The van der Waals surface area contributed by atoms with E-state index in [-0.39, 0.29) is 12.6 Å². The molecule has 5 heteroatoms. The number of unbranched alkanes of at least 4 members (excludes halogenated alkanes) is 1. The van der Waals surface area contributed by atoms with E-state index in [9.17, 15) is 4.79 Å². The fourth-order valence-electron chi connectivity index (χ4n) is 0.949. The molecular formula is C9H20N2O3. The van der Waals surface area contributed by atoms with Gasteiger partial charge in [0.2, 0.25) is 0 Å². The molecule has 0 aromatic carbocycles. The van der Waals surface area contributed by atoms with Crippen LogP contribution in [-0.2, 0) is 9.53 Å². The number of hydrogen-bond donors (Lipinski definition) is 3. The molecular weight excluding hydrogens is 184 g/mol. The van der Waals surface area contributed by atoms with Crippen molar-refractivity contribution < 1.29 is 14.6 Å². The van der Waals surface area contributed by atoms with Gasteiger partial charge in [-0.2, -0.15) is 0 Å². The van der Waals surface area contributed by atoms with E-state index < -0.39 is 6.04 Å². The molecule has 84 valence electrons. The van der Waals surface area contributed by atoms with Gasteiger partial charge in [0, 0.05) is 6.61 Å². The Hall–Kier alpha value is -0.650. The number of hydrogen-bond acceptors (Lipinski definition) is 5. The second-order valence-electron chi connectivity index (χ2n) is 3.14. The molecule has 0 unspecified atom stereocenters. The van der Waals surface area contributed by atoms with E-state index >= 15 is 0 Å². The second-order valence-corrected chi connectivity index (χ2v) is 3.14. The van der Waals surface area contributed by atoms with Crippen LogP contribution in [0.2, 0.25) is 0 Å². The summed E-state index contributed by atoms with van der Waals surface area (Å²) in [5, 5.41) is 8.48. The van der Waals surface area contributed by atoms with Gasteiger partial charge in [-0.3, -0.25) is 4.79 Å². The number of aliphatic hydroxyl groups excluding tert-OH is 1. The summed E-state index contributed by atoms with van der Waals surface area (Å²) >= 11 is 0. The Morgan fingerprint density at radius 1 is 1.36 bits per heavy atom. The van der Waals surface area contributed by atoms with Crippen molar-refractivity contribution in [3.63, 3.8) is 0 Å².